The summed E-state index contributed by atoms with van der Waals surface area (Å²) in [5.74, 6) is -1.27. The molecule has 0 unspecified atom stereocenters. The minimum atomic E-state index is -4.70. The molecular formula is C14H13F4N3. The van der Waals surface area contributed by atoms with E-state index in [-0.39, 0.29) is 5.69 Å². The largest absolute Gasteiger partial charge is 0.419 e. The van der Waals surface area contributed by atoms with Gasteiger partial charge >= 0.3 is 6.18 Å². The van der Waals surface area contributed by atoms with E-state index in [1.165, 1.54) is 6.07 Å². The zero-order valence-corrected chi connectivity index (χ0v) is 11.0. The molecule has 0 aliphatic heterocycles. The Balaban J connectivity index is 1.74. The van der Waals surface area contributed by atoms with Crippen LogP contribution in [0.1, 0.15) is 30.1 Å². The summed E-state index contributed by atoms with van der Waals surface area (Å²) in [6.45, 7) is 0.347. The predicted octanol–water partition coefficient (Wildman–Crippen LogP) is 3.99. The number of nitrogens with one attached hydrogen (secondary N) is 1. The van der Waals surface area contributed by atoms with Crippen LogP contribution in [-0.4, -0.2) is 9.55 Å². The van der Waals surface area contributed by atoms with E-state index in [2.05, 4.69) is 10.3 Å². The molecule has 1 aromatic carbocycles. The number of imidazole rings is 1. The Hall–Kier alpha value is -2.05. The number of anilines is 1. The lowest BCUT2D eigenvalue weighted by atomic mass is 10.2. The van der Waals surface area contributed by atoms with E-state index < -0.39 is 17.6 Å². The average molecular weight is 299 g/mol. The van der Waals surface area contributed by atoms with E-state index in [0.717, 1.165) is 30.7 Å². The minimum Gasteiger partial charge on any atom is -0.379 e. The number of hydrogen-bond acceptors (Lipinski definition) is 2. The maximum Gasteiger partial charge on any atom is 0.419 e. The molecule has 1 N–H and O–H groups in total. The van der Waals surface area contributed by atoms with Crippen molar-refractivity contribution in [2.45, 2.75) is 31.6 Å². The van der Waals surface area contributed by atoms with Crippen molar-refractivity contribution in [1.29, 1.82) is 0 Å². The second-order valence-electron chi connectivity index (χ2n) is 5.07. The van der Waals surface area contributed by atoms with Gasteiger partial charge in [0.25, 0.3) is 0 Å². The highest BCUT2D eigenvalue weighted by atomic mass is 19.4. The monoisotopic (exact) mass is 299 g/mol. The van der Waals surface area contributed by atoms with E-state index in [1.54, 1.807) is 12.5 Å². The van der Waals surface area contributed by atoms with Gasteiger partial charge in [-0.25, -0.2) is 9.37 Å². The first kappa shape index (κ1) is 13.9. The lowest BCUT2D eigenvalue weighted by Crippen LogP contribution is -2.10. The second kappa shape index (κ2) is 5.05. The van der Waals surface area contributed by atoms with E-state index in [4.69, 9.17) is 0 Å². The fraction of sp³-hybridized carbons (Fsp3) is 0.357. The van der Waals surface area contributed by atoms with Crippen molar-refractivity contribution in [2.24, 2.45) is 0 Å². The molecule has 0 amide bonds. The third kappa shape index (κ3) is 3.01. The molecule has 0 bridgehead atoms. The van der Waals surface area contributed by atoms with Gasteiger partial charge in [-0.3, -0.25) is 0 Å². The Morgan fingerprint density at radius 3 is 2.71 bits per heavy atom. The molecule has 1 aliphatic rings. The lowest BCUT2D eigenvalue weighted by Gasteiger charge is -2.12. The van der Waals surface area contributed by atoms with Crippen LogP contribution >= 0.6 is 0 Å². The van der Waals surface area contributed by atoms with Crippen LogP contribution in [0.4, 0.5) is 23.2 Å². The van der Waals surface area contributed by atoms with Gasteiger partial charge in [0.05, 0.1) is 24.1 Å². The average Bonchev–Trinajstić information content (AvgIpc) is 3.15. The van der Waals surface area contributed by atoms with Gasteiger partial charge in [-0.1, -0.05) is 0 Å². The van der Waals surface area contributed by atoms with Crippen molar-refractivity contribution in [2.75, 3.05) is 5.32 Å². The Kier molecular flexibility index (Phi) is 3.35. The first-order valence-electron chi connectivity index (χ1n) is 6.56. The maximum absolute atomic E-state index is 13.2. The minimum absolute atomic E-state index is 0.229. The smallest absolute Gasteiger partial charge is 0.379 e. The van der Waals surface area contributed by atoms with Crippen molar-refractivity contribution < 1.29 is 17.6 Å². The molecule has 0 saturated heterocycles. The zero-order chi connectivity index (χ0) is 15.0. The van der Waals surface area contributed by atoms with Gasteiger partial charge in [-0.05, 0) is 31.0 Å². The van der Waals surface area contributed by atoms with Crippen LogP contribution in [0, 0.1) is 5.82 Å². The van der Waals surface area contributed by atoms with Gasteiger partial charge in [0.1, 0.15) is 5.82 Å². The SMILES string of the molecule is Fc1ccc(NCc2cncn2C2CC2)cc1C(F)(F)F. The second-order valence-corrected chi connectivity index (χ2v) is 5.07. The van der Waals surface area contributed by atoms with E-state index in [9.17, 15) is 17.6 Å². The summed E-state index contributed by atoms with van der Waals surface area (Å²) in [4.78, 5) is 4.05. The molecular weight excluding hydrogens is 286 g/mol. The molecule has 0 atom stereocenters. The summed E-state index contributed by atoms with van der Waals surface area (Å²) in [5, 5.41) is 2.88. The number of alkyl halides is 3. The molecule has 112 valence electrons. The highest BCUT2D eigenvalue weighted by Gasteiger charge is 2.34. The number of nitrogens with zero attached hydrogens (tertiary/aromatic N) is 2. The van der Waals surface area contributed by atoms with Crippen LogP contribution in [0.2, 0.25) is 0 Å². The van der Waals surface area contributed by atoms with Crippen molar-refractivity contribution in [3.63, 3.8) is 0 Å². The summed E-state index contributed by atoms with van der Waals surface area (Å²) in [5.41, 5.74) is -0.133. The molecule has 3 rings (SSSR count). The van der Waals surface area contributed by atoms with Gasteiger partial charge in [-0.2, -0.15) is 13.2 Å². The lowest BCUT2D eigenvalue weighted by molar-refractivity contribution is -0.139. The number of benzene rings is 1. The molecule has 1 fully saturated rings. The molecule has 1 aromatic heterocycles. The van der Waals surface area contributed by atoms with Crippen molar-refractivity contribution in [1.82, 2.24) is 9.55 Å². The van der Waals surface area contributed by atoms with E-state index in [0.29, 0.717) is 12.6 Å². The van der Waals surface area contributed by atoms with Crippen LogP contribution in [0.25, 0.3) is 0 Å². The highest BCUT2D eigenvalue weighted by molar-refractivity contribution is 5.47. The third-order valence-corrected chi connectivity index (χ3v) is 3.43. The highest BCUT2D eigenvalue weighted by Crippen LogP contribution is 2.36. The fourth-order valence-electron chi connectivity index (χ4n) is 2.20. The number of hydrogen-bond donors (Lipinski definition) is 1. The Morgan fingerprint density at radius 2 is 2.05 bits per heavy atom. The van der Waals surface area contributed by atoms with Gasteiger partial charge < -0.3 is 9.88 Å². The molecule has 7 heteroatoms. The van der Waals surface area contributed by atoms with Crippen molar-refractivity contribution in [3.05, 3.63) is 47.8 Å². The molecule has 2 aromatic rings. The standard InChI is InChI=1S/C14H13F4N3/c15-13-4-1-9(5-12(13)14(16,17)18)20-7-11-6-19-8-21(11)10-2-3-10/h1,4-6,8,10,20H,2-3,7H2. The van der Waals surface area contributed by atoms with E-state index in [1.807, 2.05) is 4.57 Å². The molecule has 0 spiro atoms. The third-order valence-electron chi connectivity index (χ3n) is 3.43. The summed E-state index contributed by atoms with van der Waals surface area (Å²) in [7, 11) is 0. The van der Waals surface area contributed by atoms with Crippen LogP contribution < -0.4 is 5.32 Å². The van der Waals surface area contributed by atoms with Gasteiger partial charge in [0.15, 0.2) is 0 Å². The van der Waals surface area contributed by atoms with Crippen LogP contribution in [0.5, 0.6) is 0 Å². The molecule has 3 nitrogen and oxygen atoms in total. The first-order valence-corrected chi connectivity index (χ1v) is 6.56. The molecule has 0 radical (unpaired) electrons. The number of halogens is 4. The van der Waals surface area contributed by atoms with E-state index >= 15 is 0 Å². The molecule has 1 saturated carbocycles. The molecule has 1 aliphatic carbocycles. The Labute approximate surface area is 118 Å². The Morgan fingerprint density at radius 1 is 1.29 bits per heavy atom. The summed E-state index contributed by atoms with van der Waals surface area (Å²) < 4.78 is 53.1. The van der Waals surface area contributed by atoms with Gasteiger partial charge in [0.2, 0.25) is 0 Å². The van der Waals surface area contributed by atoms with Crippen LogP contribution in [-0.2, 0) is 12.7 Å². The van der Waals surface area contributed by atoms with Crippen LogP contribution in [0.15, 0.2) is 30.7 Å². The quantitative estimate of drug-likeness (QED) is 0.865. The van der Waals surface area contributed by atoms with Crippen molar-refractivity contribution >= 4 is 5.69 Å². The Bertz CT molecular complexity index is 644. The first-order chi connectivity index (χ1) is 9.95. The van der Waals surface area contributed by atoms with Gasteiger partial charge in [-0.15, -0.1) is 0 Å². The number of aromatic nitrogens is 2. The summed E-state index contributed by atoms with van der Waals surface area (Å²) in [6.07, 6.45) is 0.897. The molecule has 1 heterocycles. The summed E-state index contributed by atoms with van der Waals surface area (Å²) >= 11 is 0. The maximum atomic E-state index is 13.2. The van der Waals surface area contributed by atoms with Crippen molar-refractivity contribution in [3.8, 4) is 0 Å². The fourth-order valence-corrected chi connectivity index (χ4v) is 2.20. The predicted molar refractivity (Wildman–Crippen MR) is 69.2 cm³/mol. The van der Waals surface area contributed by atoms with Crippen LogP contribution in [0.3, 0.4) is 0 Å². The van der Waals surface area contributed by atoms with Gasteiger partial charge in [0, 0.05) is 17.9 Å². The zero-order valence-electron chi connectivity index (χ0n) is 11.0. The topological polar surface area (TPSA) is 29.9 Å². The summed E-state index contributed by atoms with van der Waals surface area (Å²) in [6, 6.07) is 3.35. The molecule has 21 heavy (non-hydrogen) atoms. The number of rotatable bonds is 4. The normalized spacial score (nSPS) is 15.2.